The first-order valence-electron chi connectivity index (χ1n) is 10.4. The number of piperidine rings is 1. The molecule has 0 radical (unpaired) electrons. The molecule has 3 aromatic rings. The highest BCUT2D eigenvalue weighted by Crippen LogP contribution is 2.30. The maximum absolute atomic E-state index is 13.1. The van der Waals surface area contributed by atoms with E-state index in [9.17, 15) is 13.2 Å². The van der Waals surface area contributed by atoms with E-state index in [1.54, 1.807) is 24.3 Å². The molecule has 1 aromatic heterocycles. The van der Waals surface area contributed by atoms with Crippen molar-refractivity contribution in [2.75, 3.05) is 23.7 Å². The number of H-pyrrole nitrogens is 1. The number of para-hydroxylation sites is 2. The molecule has 0 bridgehead atoms. The highest BCUT2D eigenvalue weighted by atomic mass is 79.9. The van der Waals surface area contributed by atoms with Crippen molar-refractivity contribution in [3.63, 3.8) is 0 Å². The molecule has 31 heavy (non-hydrogen) atoms. The summed E-state index contributed by atoms with van der Waals surface area (Å²) in [6.07, 6.45) is 2.62. The van der Waals surface area contributed by atoms with Crippen LogP contribution in [0.3, 0.4) is 0 Å². The maximum Gasteiger partial charge on any atom is 0.243 e. The third kappa shape index (κ3) is 4.99. The van der Waals surface area contributed by atoms with Crippen LogP contribution >= 0.6 is 15.9 Å². The van der Waals surface area contributed by atoms with E-state index >= 15 is 0 Å². The van der Waals surface area contributed by atoms with E-state index in [2.05, 4.69) is 31.2 Å². The quantitative estimate of drug-likeness (QED) is 0.470. The van der Waals surface area contributed by atoms with Crippen molar-refractivity contribution in [1.82, 2.24) is 14.3 Å². The lowest BCUT2D eigenvalue weighted by Gasteiger charge is -2.30. The summed E-state index contributed by atoms with van der Waals surface area (Å²) in [5, 5.41) is 3.56. The molecule has 0 spiro atoms. The number of halogens is 1. The molecule has 1 aliphatic rings. The number of rotatable bonds is 7. The van der Waals surface area contributed by atoms with Gasteiger partial charge >= 0.3 is 0 Å². The minimum Gasteiger partial charge on any atom is -0.342 e. The number of sulfonamides is 1. The first kappa shape index (κ1) is 22.0. The summed E-state index contributed by atoms with van der Waals surface area (Å²) < 4.78 is 27.6. The van der Waals surface area contributed by atoms with Crippen LogP contribution in [-0.4, -0.2) is 47.0 Å². The molecule has 0 unspecified atom stereocenters. The van der Waals surface area contributed by atoms with Crippen LogP contribution in [0.15, 0.2) is 53.4 Å². The predicted octanol–water partition coefficient (Wildman–Crippen LogP) is 4.24. The average molecular weight is 505 g/mol. The zero-order valence-corrected chi connectivity index (χ0v) is 19.5. The Hall–Kier alpha value is -2.23. The van der Waals surface area contributed by atoms with Gasteiger partial charge in [0.1, 0.15) is 5.82 Å². The van der Waals surface area contributed by atoms with Crippen molar-refractivity contribution in [2.45, 2.75) is 36.5 Å². The van der Waals surface area contributed by atoms with Crippen LogP contribution in [0.5, 0.6) is 0 Å². The SMILES string of the molecule is O=C(CCCBr)Nc1ccc(S(=O)(=O)N2CCC(c3nc4ccccc4[nH]3)CC2)cc1. The molecule has 1 fully saturated rings. The number of aromatic amines is 1. The van der Waals surface area contributed by atoms with Gasteiger partial charge in [-0.15, -0.1) is 0 Å². The summed E-state index contributed by atoms with van der Waals surface area (Å²) in [5.74, 6) is 1.07. The van der Waals surface area contributed by atoms with Crippen molar-refractivity contribution in [3.05, 3.63) is 54.4 Å². The van der Waals surface area contributed by atoms with Gasteiger partial charge in [-0.3, -0.25) is 4.79 Å². The summed E-state index contributed by atoms with van der Waals surface area (Å²) in [6, 6.07) is 14.3. The van der Waals surface area contributed by atoms with Gasteiger partial charge < -0.3 is 10.3 Å². The Morgan fingerprint density at radius 3 is 2.52 bits per heavy atom. The first-order valence-corrected chi connectivity index (χ1v) is 12.9. The maximum atomic E-state index is 13.1. The second-order valence-corrected chi connectivity index (χ2v) is 10.4. The number of amides is 1. The number of nitrogens with zero attached hydrogens (tertiary/aromatic N) is 2. The Balaban J connectivity index is 1.38. The van der Waals surface area contributed by atoms with Crippen LogP contribution in [0.4, 0.5) is 5.69 Å². The molecule has 9 heteroatoms. The Bertz CT molecular complexity index is 1120. The summed E-state index contributed by atoms with van der Waals surface area (Å²) in [5.41, 5.74) is 2.54. The van der Waals surface area contributed by atoms with Gasteiger partial charge in [-0.25, -0.2) is 13.4 Å². The average Bonchev–Trinajstić information content (AvgIpc) is 3.22. The summed E-state index contributed by atoms with van der Waals surface area (Å²) in [4.78, 5) is 20.1. The number of carbonyl (C=O) groups is 1. The number of aromatic nitrogens is 2. The second kappa shape index (κ2) is 9.50. The molecule has 164 valence electrons. The van der Waals surface area contributed by atoms with E-state index in [1.807, 2.05) is 24.3 Å². The lowest BCUT2D eigenvalue weighted by atomic mass is 9.97. The molecule has 2 heterocycles. The fourth-order valence-corrected chi connectivity index (χ4v) is 5.60. The molecular formula is C22H25BrN4O3S. The van der Waals surface area contributed by atoms with Gasteiger partial charge in [-0.05, 0) is 55.7 Å². The van der Waals surface area contributed by atoms with Gasteiger partial charge in [-0.2, -0.15) is 4.31 Å². The third-order valence-electron chi connectivity index (χ3n) is 5.56. The highest BCUT2D eigenvalue weighted by Gasteiger charge is 2.31. The Labute approximate surface area is 190 Å². The molecule has 1 amide bonds. The number of carbonyl (C=O) groups excluding carboxylic acids is 1. The van der Waals surface area contributed by atoms with E-state index in [0.29, 0.717) is 25.2 Å². The van der Waals surface area contributed by atoms with Crippen molar-refractivity contribution >= 4 is 48.6 Å². The Morgan fingerprint density at radius 2 is 1.84 bits per heavy atom. The lowest BCUT2D eigenvalue weighted by molar-refractivity contribution is -0.116. The van der Waals surface area contributed by atoms with Gasteiger partial charge in [0, 0.05) is 36.4 Å². The summed E-state index contributed by atoms with van der Waals surface area (Å²) >= 11 is 3.30. The number of anilines is 1. The predicted molar refractivity (Wildman–Crippen MR) is 125 cm³/mol. The molecule has 7 nitrogen and oxygen atoms in total. The Morgan fingerprint density at radius 1 is 1.13 bits per heavy atom. The molecular weight excluding hydrogens is 480 g/mol. The molecule has 0 aliphatic carbocycles. The van der Waals surface area contributed by atoms with Crippen molar-refractivity contribution in [2.24, 2.45) is 0 Å². The second-order valence-electron chi connectivity index (χ2n) is 7.68. The van der Waals surface area contributed by atoms with Crippen molar-refractivity contribution in [3.8, 4) is 0 Å². The number of benzene rings is 2. The Kier molecular flexibility index (Phi) is 6.74. The smallest absolute Gasteiger partial charge is 0.243 e. The summed E-state index contributed by atoms with van der Waals surface area (Å²) in [6.45, 7) is 0.907. The molecule has 2 N–H and O–H groups in total. The topological polar surface area (TPSA) is 95.2 Å². The fraction of sp³-hybridized carbons (Fsp3) is 0.364. The molecule has 1 aliphatic heterocycles. The van der Waals surface area contributed by atoms with E-state index in [4.69, 9.17) is 0 Å². The minimum atomic E-state index is -3.57. The molecule has 1 saturated heterocycles. The standard InChI is InChI=1S/C22H25BrN4O3S/c23-13-3-6-21(28)24-17-7-9-18(10-8-17)31(29,30)27-14-11-16(12-15-27)22-25-19-4-1-2-5-20(19)26-22/h1-2,4-5,7-10,16H,3,6,11-15H2,(H,24,28)(H,25,26). The van der Waals surface area contributed by atoms with Crippen LogP contribution in [0.25, 0.3) is 11.0 Å². The monoisotopic (exact) mass is 504 g/mol. The van der Waals surface area contributed by atoms with Crippen LogP contribution in [0.1, 0.15) is 37.4 Å². The molecule has 2 aromatic carbocycles. The van der Waals surface area contributed by atoms with Crippen LogP contribution < -0.4 is 5.32 Å². The van der Waals surface area contributed by atoms with Crippen LogP contribution in [0.2, 0.25) is 0 Å². The number of alkyl halides is 1. The van der Waals surface area contributed by atoms with E-state index < -0.39 is 10.0 Å². The number of hydrogen-bond donors (Lipinski definition) is 2. The largest absolute Gasteiger partial charge is 0.342 e. The van der Waals surface area contributed by atoms with Crippen LogP contribution in [0, 0.1) is 0 Å². The number of nitrogens with one attached hydrogen (secondary N) is 2. The van der Waals surface area contributed by atoms with Gasteiger partial charge in [0.25, 0.3) is 0 Å². The molecule has 0 saturated carbocycles. The van der Waals surface area contributed by atoms with Gasteiger partial charge in [0.15, 0.2) is 0 Å². The first-order chi connectivity index (χ1) is 15.0. The van der Waals surface area contributed by atoms with E-state index in [1.165, 1.54) is 4.31 Å². The third-order valence-corrected chi connectivity index (χ3v) is 8.04. The van der Waals surface area contributed by atoms with Gasteiger partial charge in [0.05, 0.1) is 15.9 Å². The van der Waals surface area contributed by atoms with Gasteiger partial charge in [0.2, 0.25) is 15.9 Å². The highest BCUT2D eigenvalue weighted by molar-refractivity contribution is 9.09. The fourth-order valence-electron chi connectivity index (χ4n) is 3.85. The van der Waals surface area contributed by atoms with Gasteiger partial charge in [-0.1, -0.05) is 28.1 Å². The summed E-state index contributed by atoms with van der Waals surface area (Å²) in [7, 11) is -3.57. The van der Waals surface area contributed by atoms with E-state index in [0.717, 1.165) is 41.5 Å². The number of imidazole rings is 1. The van der Waals surface area contributed by atoms with Crippen molar-refractivity contribution in [1.29, 1.82) is 0 Å². The minimum absolute atomic E-state index is 0.0808. The number of hydrogen-bond acceptors (Lipinski definition) is 4. The number of fused-ring (bicyclic) bond motifs is 1. The van der Waals surface area contributed by atoms with Crippen LogP contribution in [-0.2, 0) is 14.8 Å². The molecule has 0 atom stereocenters. The zero-order chi connectivity index (χ0) is 21.8. The van der Waals surface area contributed by atoms with E-state index in [-0.39, 0.29) is 16.7 Å². The normalized spacial score (nSPS) is 15.9. The van der Waals surface area contributed by atoms with Crippen molar-refractivity contribution < 1.29 is 13.2 Å². The molecule has 4 rings (SSSR count). The lowest BCUT2D eigenvalue weighted by Crippen LogP contribution is -2.38. The zero-order valence-electron chi connectivity index (χ0n) is 17.1.